The van der Waals surface area contributed by atoms with Crippen molar-refractivity contribution in [2.45, 2.75) is 13.5 Å². The van der Waals surface area contributed by atoms with Crippen molar-refractivity contribution < 1.29 is 4.74 Å². The molecule has 0 aliphatic heterocycles. The lowest BCUT2D eigenvalue weighted by Gasteiger charge is -2.23. The number of anilines is 2. The molecule has 0 saturated carbocycles. The second-order valence-corrected chi connectivity index (χ2v) is 5.73. The maximum absolute atomic E-state index is 5.31. The molecule has 0 aromatic heterocycles. The monoisotopic (exact) mass is 348 g/mol. The number of benzene rings is 2. The second kappa shape index (κ2) is 7.48. The molecule has 2 rings (SSSR count). The number of ether oxygens (including phenoxy) is 1. The van der Waals surface area contributed by atoms with Crippen LogP contribution in [0.4, 0.5) is 11.4 Å². The number of nitrogens with one attached hydrogen (secondary N) is 1. The minimum Gasteiger partial charge on any atom is -0.497 e. The molecule has 112 valence electrons. The van der Waals surface area contributed by atoms with Crippen LogP contribution in [-0.2, 0) is 6.54 Å². The quantitative estimate of drug-likeness (QED) is 0.840. The predicted molar refractivity (Wildman–Crippen MR) is 92.6 cm³/mol. The van der Waals surface area contributed by atoms with Crippen LogP contribution >= 0.6 is 15.9 Å². The number of hydrogen-bond donors (Lipinski definition) is 1. The molecule has 2 aromatic rings. The minimum atomic E-state index is 0.855. The highest BCUT2D eigenvalue weighted by molar-refractivity contribution is 9.10. The molecule has 2 aromatic carbocycles. The average molecular weight is 349 g/mol. The first kappa shape index (κ1) is 15.9. The first-order valence-corrected chi connectivity index (χ1v) is 7.82. The lowest BCUT2D eigenvalue weighted by molar-refractivity contribution is 0.415. The van der Waals surface area contributed by atoms with E-state index >= 15 is 0 Å². The van der Waals surface area contributed by atoms with E-state index < -0.39 is 0 Å². The Labute approximate surface area is 135 Å². The van der Waals surface area contributed by atoms with Crippen LogP contribution in [-0.4, -0.2) is 20.7 Å². The molecule has 21 heavy (non-hydrogen) atoms. The molecule has 0 fully saturated rings. The Morgan fingerprint density at radius 3 is 2.71 bits per heavy atom. The van der Waals surface area contributed by atoms with Gasteiger partial charge in [0.2, 0.25) is 0 Å². The molecule has 0 aliphatic carbocycles. The van der Waals surface area contributed by atoms with E-state index in [9.17, 15) is 0 Å². The van der Waals surface area contributed by atoms with Crippen LogP contribution in [0.3, 0.4) is 0 Å². The third kappa shape index (κ3) is 3.99. The van der Waals surface area contributed by atoms with E-state index in [1.165, 1.54) is 11.3 Å². The molecule has 4 heteroatoms. The van der Waals surface area contributed by atoms with Crippen LogP contribution in [0.1, 0.15) is 12.5 Å². The summed E-state index contributed by atoms with van der Waals surface area (Å²) in [6, 6.07) is 14.5. The number of hydrogen-bond acceptors (Lipinski definition) is 3. The van der Waals surface area contributed by atoms with Gasteiger partial charge >= 0.3 is 0 Å². The van der Waals surface area contributed by atoms with E-state index in [2.05, 4.69) is 64.4 Å². The summed E-state index contributed by atoms with van der Waals surface area (Å²) in [5.74, 6) is 0.864. The summed E-state index contributed by atoms with van der Waals surface area (Å²) in [6.45, 7) is 3.93. The maximum Gasteiger partial charge on any atom is 0.120 e. The van der Waals surface area contributed by atoms with Gasteiger partial charge in [-0.25, -0.2) is 0 Å². The van der Waals surface area contributed by atoms with Crippen molar-refractivity contribution in [1.29, 1.82) is 0 Å². The van der Waals surface area contributed by atoms with Gasteiger partial charge in [0, 0.05) is 35.5 Å². The number of halogens is 1. The van der Waals surface area contributed by atoms with Gasteiger partial charge in [-0.3, -0.25) is 0 Å². The molecule has 0 bridgehead atoms. The van der Waals surface area contributed by atoms with E-state index in [4.69, 9.17) is 4.74 Å². The molecule has 0 spiro atoms. The van der Waals surface area contributed by atoms with Crippen molar-refractivity contribution in [3.63, 3.8) is 0 Å². The van der Waals surface area contributed by atoms with Crippen molar-refractivity contribution in [1.82, 2.24) is 5.32 Å². The van der Waals surface area contributed by atoms with Gasteiger partial charge in [-0.2, -0.15) is 0 Å². The summed E-state index contributed by atoms with van der Waals surface area (Å²) in [5.41, 5.74) is 3.55. The Kier molecular flexibility index (Phi) is 5.65. The van der Waals surface area contributed by atoms with Gasteiger partial charge in [0.05, 0.1) is 7.11 Å². The second-order valence-electron chi connectivity index (χ2n) is 4.81. The molecule has 0 aliphatic rings. The van der Waals surface area contributed by atoms with Gasteiger partial charge in [0.1, 0.15) is 5.75 Å². The first-order chi connectivity index (χ1) is 10.2. The fraction of sp³-hybridized carbons (Fsp3) is 0.294. The van der Waals surface area contributed by atoms with Crippen molar-refractivity contribution in [3.8, 4) is 5.75 Å². The molecular formula is C17H21BrN2O. The van der Waals surface area contributed by atoms with Gasteiger partial charge < -0.3 is 15.0 Å². The van der Waals surface area contributed by atoms with E-state index in [-0.39, 0.29) is 0 Å². The van der Waals surface area contributed by atoms with Crippen LogP contribution in [0.25, 0.3) is 0 Å². The lowest BCUT2D eigenvalue weighted by atomic mass is 10.1. The van der Waals surface area contributed by atoms with Crippen LogP contribution < -0.4 is 15.0 Å². The molecular weight excluding hydrogens is 328 g/mol. The van der Waals surface area contributed by atoms with Crippen molar-refractivity contribution >= 4 is 27.3 Å². The summed E-state index contributed by atoms with van der Waals surface area (Å²) >= 11 is 3.56. The highest BCUT2D eigenvalue weighted by atomic mass is 79.9. The highest BCUT2D eigenvalue weighted by Gasteiger charge is 2.10. The standard InChI is InChI=1S/C17H21BrN2O/c1-4-19-12-13-8-9-14(18)10-17(13)20(2)15-6-5-7-16(11-15)21-3/h5-11,19H,4,12H2,1-3H3. The summed E-state index contributed by atoms with van der Waals surface area (Å²) < 4.78 is 6.39. The van der Waals surface area contributed by atoms with Crippen LogP contribution in [0.5, 0.6) is 5.75 Å². The SMILES string of the molecule is CCNCc1ccc(Br)cc1N(C)c1cccc(OC)c1. The predicted octanol–water partition coefficient (Wildman–Crippen LogP) is 4.34. The topological polar surface area (TPSA) is 24.5 Å². The number of rotatable bonds is 6. The Bertz CT molecular complexity index is 601. The smallest absolute Gasteiger partial charge is 0.120 e. The lowest BCUT2D eigenvalue weighted by Crippen LogP contribution is -2.17. The molecule has 0 amide bonds. The summed E-state index contributed by atoms with van der Waals surface area (Å²) in [4.78, 5) is 2.18. The zero-order valence-electron chi connectivity index (χ0n) is 12.7. The summed E-state index contributed by atoms with van der Waals surface area (Å²) in [6.07, 6.45) is 0. The largest absolute Gasteiger partial charge is 0.497 e. The number of nitrogens with zero attached hydrogens (tertiary/aromatic N) is 1. The van der Waals surface area contributed by atoms with Gasteiger partial charge in [-0.15, -0.1) is 0 Å². The van der Waals surface area contributed by atoms with Crippen LogP contribution in [0, 0.1) is 0 Å². The third-order valence-electron chi connectivity index (χ3n) is 3.41. The highest BCUT2D eigenvalue weighted by Crippen LogP contribution is 2.31. The van der Waals surface area contributed by atoms with Gasteiger partial charge in [0.15, 0.2) is 0 Å². The van der Waals surface area contributed by atoms with Crippen molar-refractivity contribution in [3.05, 3.63) is 52.5 Å². The van der Waals surface area contributed by atoms with E-state index in [0.29, 0.717) is 0 Å². The van der Waals surface area contributed by atoms with E-state index in [1.54, 1.807) is 7.11 Å². The van der Waals surface area contributed by atoms with Crippen LogP contribution in [0.15, 0.2) is 46.9 Å². The molecule has 0 atom stereocenters. The fourth-order valence-corrected chi connectivity index (χ4v) is 2.57. The molecule has 0 saturated heterocycles. The molecule has 0 radical (unpaired) electrons. The number of methoxy groups -OCH3 is 1. The molecule has 1 N–H and O–H groups in total. The van der Waals surface area contributed by atoms with E-state index in [0.717, 1.165) is 29.0 Å². The molecule has 0 unspecified atom stereocenters. The summed E-state index contributed by atoms with van der Waals surface area (Å²) in [7, 11) is 3.76. The van der Waals surface area contributed by atoms with Crippen molar-refractivity contribution in [2.24, 2.45) is 0 Å². The Morgan fingerprint density at radius 2 is 2.00 bits per heavy atom. The summed E-state index contributed by atoms with van der Waals surface area (Å²) in [5, 5.41) is 3.39. The zero-order valence-corrected chi connectivity index (χ0v) is 14.3. The van der Waals surface area contributed by atoms with E-state index in [1.807, 2.05) is 18.2 Å². The van der Waals surface area contributed by atoms with Crippen LogP contribution in [0.2, 0.25) is 0 Å². The zero-order chi connectivity index (χ0) is 15.2. The molecule has 0 heterocycles. The normalized spacial score (nSPS) is 10.5. The van der Waals surface area contributed by atoms with Gasteiger partial charge in [-0.05, 0) is 36.4 Å². The minimum absolute atomic E-state index is 0.855. The fourth-order valence-electron chi connectivity index (χ4n) is 2.22. The van der Waals surface area contributed by atoms with Gasteiger partial charge in [0.25, 0.3) is 0 Å². The Balaban J connectivity index is 2.36. The average Bonchev–Trinajstić information content (AvgIpc) is 2.53. The van der Waals surface area contributed by atoms with Crippen molar-refractivity contribution in [2.75, 3.05) is 25.6 Å². The Morgan fingerprint density at radius 1 is 1.19 bits per heavy atom. The molecule has 3 nitrogen and oxygen atoms in total. The third-order valence-corrected chi connectivity index (χ3v) is 3.91. The Hall–Kier alpha value is -1.52. The maximum atomic E-state index is 5.31. The van der Waals surface area contributed by atoms with Gasteiger partial charge in [-0.1, -0.05) is 35.0 Å². The first-order valence-electron chi connectivity index (χ1n) is 7.02.